The first-order valence-electron chi connectivity index (χ1n) is 2.93. The van der Waals surface area contributed by atoms with Gasteiger partial charge in [-0.15, -0.1) is 5.10 Å². The van der Waals surface area contributed by atoms with Crippen molar-refractivity contribution in [1.82, 2.24) is 14.6 Å². The van der Waals surface area contributed by atoms with Crippen LogP contribution in [0.1, 0.15) is 0 Å². The van der Waals surface area contributed by atoms with Crippen LogP contribution in [0.3, 0.4) is 0 Å². The number of hydrogen-bond donors (Lipinski definition) is 0. The van der Waals surface area contributed by atoms with Crippen LogP contribution >= 0.6 is 11.6 Å². The molecule has 2 aromatic rings. The predicted molar refractivity (Wildman–Crippen MR) is 38.0 cm³/mol. The fraction of sp³-hybridized carbons (Fsp3) is 0. The molecular weight excluding hydrogens is 169 g/mol. The lowest BCUT2D eigenvalue weighted by Crippen LogP contribution is -1.95. The van der Waals surface area contributed by atoms with Crippen LogP contribution in [-0.2, 0) is 0 Å². The number of fused-ring (bicyclic) bond motifs is 1. The smallest absolute Gasteiger partial charge is 0.223 e. The summed E-state index contributed by atoms with van der Waals surface area (Å²) in [5.41, 5.74) is 0.590. The van der Waals surface area contributed by atoms with Crippen molar-refractivity contribution in [3.05, 3.63) is 29.6 Å². The zero-order chi connectivity index (χ0) is 7.84. The molecule has 0 saturated heterocycles. The molecule has 0 saturated carbocycles. The van der Waals surface area contributed by atoms with Crippen molar-refractivity contribution in [3.8, 4) is 0 Å². The largest absolute Gasteiger partial charge is 0.241 e. The van der Waals surface area contributed by atoms with Crippen LogP contribution in [-0.4, -0.2) is 14.6 Å². The van der Waals surface area contributed by atoms with Crippen molar-refractivity contribution < 1.29 is 4.39 Å². The molecule has 0 aliphatic rings. The maximum atomic E-state index is 12.7. The van der Waals surface area contributed by atoms with E-state index in [9.17, 15) is 4.39 Å². The van der Waals surface area contributed by atoms with Crippen molar-refractivity contribution in [2.75, 3.05) is 0 Å². The van der Waals surface area contributed by atoms with Gasteiger partial charge in [-0.3, -0.25) is 0 Å². The monoisotopic (exact) mass is 171 g/mol. The van der Waals surface area contributed by atoms with Gasteiger partial charge in [0.05, 0.1) is 11.7 Å². The van der Waals surface area contributed by atoms with E-state index < -0.39 is 5.95 Å². The molecule has 11 heavy (non-hydrogen) atoms. The van der Waals surface area contributed by atoms with Gasteiger partial charge in [0.15, 0.2) is 0 Å². The summed E-state index contributed by atoms with van der Waals surface area (Å²) in [6, 6.07) is 2.88. The van der Waals surface area contributed by atoms with Gasteiger partial charge in [0.1, 0.15) is 0 Å². The van der Waals surface area contributed by atoms with Gasteiger partial charge in [0.25, 0.3) is 0 Å². The van der Waals surface area contributed by atoms with Crippen LogP contribution in [0.4, 0.5) is 4.39 Å². The molecule has 2 rings (SSSR count). The average molecular weight is 172 g/mol. The molecule has 2 heterocycles. The molecule has 0 amide bonds. The van der Waals surface area contributed by atoms with E-state index in [2.05, 4.69) is 10.1 Å². The second-order valence-corrected chi connectivity index (χ2v) is 2.36. The number of hydrogen-bond acceptors (Lipinski definition) is 2. The van der Waals surface area contributed by atoms with Gasteiger partial charge >= 0.3 is 0 Å². The van der Waals surface area contributed by atoms with E-state index in [-0.39, 0.29) is 5.28 Å². The van der Waals surface area contributed by atoms with Gasteiger partial charge < -0.3 is 0 Å². The first-order chi connectivity index (χ1) is 5.27. The Morgan fingerprint density at radius 3 is 3.09 bits per heavy atom. The molecule has 0 aromatic carbocycles. The fourth-order valence-electron chi connectivity index (χ4n) is 0.850. The Morgan fingerprint density at radius 1 is 1.45 bits per heavy atom. The Morgan fingerprint density at radius 2 is 2.27 bits per heavy atom. The number of nitrogens with zero attached hydrogens (tertiary/aromatic N) is 3. The van der Waals surface area contributed by atoms with Crippen LogP contribution in [0.2, 0.25) is 5.28 Å². The Kier molecular flexibility index (Phi) is 1.29. The lowest BCUT2D eigenvalue weighted by molar-refractivity contribution is 0.547. The van der Waals surface area contributed by atoms with Gasteiger partial charge in [-0.1, -0.05) is 0 Å². The third-order valence-electron chi connectivity index (χ3n) is 1.32. The molecular formula is C6H3ClFN3. The third-order valence-corrected chi connectivity index (χ3v) is 1.50. The highest BCUT2D eigenvalue weighted by Gasteiger charge is 2.01. The van der Waals surface area contributed by atoms with Crippen molar-refractivity contribution in [2.45, 2.75) is 0 Å². The summed E-state index contributed by atoms with van der Waals surface area (Å²) < 4.78 is 13.8. The van der Waals surface area contributed by atoms with E-state index in [4.69, 9.17) is 11.6 Å². The van der Waals surface area contributed by atoms with Crippen LogP contribution in [0.15, 0.2) is 18.3 Å². The first-order valence-corrected chi connectivity index (χ1v) is 3.31. The fourth-order valence-corrected chi connectivity index (χ4v) is 0.974. The molecule has 56 valence electrons. The van der Waals surface area contributed by atoms with E-state index in [0.29, 0.717) is 5.52 Å². The van der Waals surface area contributed by atoms with Crippen LogP contribution in [0.5, 0.6) is 0 Å². The molecule has 0 bridgehead atoms. The number of halogens is 2. The Hall–Kier alpha value is -1.16. The molecule has 0 radical (unpaired) electrons. The molecule has 5 heteroatoms. The Bertz CT molecular complexity index is 398. The zero-order valence-corrected chi connectivity index (χ0v) is 6.09. The summed E-state index contributed by atoms with van der Waals surface area (Å²) in [7, 11) is 0. The van der Waals surface area contributed by atoms with E-state index in [1.807, 2.05) is 0 Å². The van der Waals surface area contributed by atoms with Crippen LogP contribution in [0, 0.1) is 5.95 Å². The lowest BCUT2D eigenvalue weighted by Gasteiger charge is -1.92. The normalized spacial score (nSPS) is 10.7. The summed E-state index contributed by atoms with van der Waals surface area (Å²) in [6.45, 7) is 0. The number of rotatable bonds is 0. The molecule has 0 atom stereocenters. The molecule has 0 unspecified atom stereocenters. The summed E-state index contributed by atoms with van der Waals surface area (Å²) in [4.78, 5) is 3.69. The molecule has 0 aliphatic carbocycles. The first kappa shape index (κ1) is 6.54. The minimum atomic E-state index is -0.440. The van der Waals surface area contributed by atoms with Gasteiger partial charge in [-0.05, 0) is 23.7 Å². The molecule has 0 aliphatic heterocycles. The Labute approximate surface area is 66.4 Å². The standard InChI is InChI=1S/C6H3ClFN3/c7-6-9-3-4-1-2-5(8)11(4)10-6/h1-3H. The SMILES string of the molecule is Fc1ccc2cnc(Cl)nn12. The third kappa shape index (κ3) is 0.952. The summed E-state index contributed by atoms with van der Waals surface area (Å²) in [5.74, 6) is -0.440. The summed E-state index contributed by atoms with van der Waals surface area (Å²) in [5, 5.41) is 3.67. The summed E-state index contributed by atoms with van der Waals surface area (Å²) >= 11 is 5.44. The topological polar surface area (TPSA) is 30.2 Å². The van der Waals surface area contributed by atoms with E-state index >= 15 is 0 Å². The maximum Gasteiger partial charge on any atom is 0.241 e. The lowest BCUT2D eigenvalue weighted by atomic mass is 10.5. The van der Waals surface area contributed by atoms with Crippen LogP contribution in [0.25, 0.3) is 5.52 Å². The second-order valence-electron chi connectivity index (χ2n) is 2.02. The second kappa shape index (κ2) is 2.17. The highest BCUT2D eigenvalue weighted by molar-refractivity contribution is 6.28. The van der Waals surface area contributed by atoms with Crippen molar-refractivity contribution in [2.24, 2.45) is 0 Å². The van der Waals surface area contributed by atoms with Crippen molar-refractivity contribution >= 4 is 17.1 Å². The van der Waals surface area contributed by atoms with Gasteiger partial charge in [0.2, 0.25) is 11.2 Å². The quantitative estimate of drug-likeness (QED) is 0.602. The zero-order valence-electron chi connectivity index (χ0n) is 5.33. The van der Waals surface area contributed by atoms with E-state index in [1.54, 1.807) is 6.07 Å². The van der Waals surface area contributed by atoms with Crippen molar-refractivity contribution in [3.63, 3.8) is 0 Å². The van der Waals surface area contributed by atoms with Gasteiger partial charge in [-0.25, -0.2) is 9.50 Å². The average Bonchev–Trinajstić information content (AvgIpc) is 2.33. The molecule has 0 spiro atoms. The Balaban J connectivity index is 2.87. The number of aromatic nitrogens is 3. The van der Waals surface area contributed by atoms with Crippen molar-refractivity contribution in [1.29, 1.82) is 0 Å². The minimum absolute atomic E-state index is 0.0348. The molecule has 0 N–H and O–H groups in total. The predicted octanol–water partition coefficient (Wildman–Crippen LogP) is 1.52. The van der Waals surface area contributed by atoms with E-state index in [1.165, 1.54) is 12.3 Å². The molecule has 3 nitrogen and oxygen atoms in total. The van der Waals surface area contributed by atoms with Gasteiger partial charge in [0, 0.05) is 0 Å². The summed E-state index contributed by atoms with van der Waals surface area (Å²) in [6.07, 6.45) is 1.46. The molecule has 2 aromatic heterocycles. The van der Waals surface area contributed by atoms with Crippen LogP contribution < -0.4 is 0 Å². The molecule has 0 fully saturated rings. The minimum Gasteiger partial charge on any atom is -0.223 e. The highest BCUT2D eigenvalue weighted by atomic mass is 35.5. The highest BCUT2D eigenvalue weighted by Crippen LogP contribution is 2.07. The van der Waals surface area contributed by atoms with Gasteiger partial charge in [-0.2, -0.15) is 4.39 Å². The maximum absolute atomic E-state index is 12.7. The van der Waals surface area contributed by atoms with E-state index in [0.717, 1.165) is 4.52 Å².